The third-order valence-corrected chi connectivity index (χ3v) is 5.69. The van der Waals surface area contributed by atoms with Crippen molar-refractivity contribution in [1.82, 2.24) is 24.2 Å². The average molecular weight is 515 g/mol. The van der Waals surface area contributed by atoms with Crippen molar-refractivity contribution >= 4 is 11.9 Å². The third kappa shape index (κ3) is 5.74. The molecular formula is C25H24F3N5O4. The van der Waals surface area contributed by atoms with Gasteiger partial charge in [0.15, 0.2) is 5.76 Å². The highest BCUT2D eigenvalue weighted by atomic mass is 19.4. The first-order valence-corrected chi connectivity index (χ1v) is 11.3. The summed E-state index contributed by atoms with van der Waals surface area (Å²) in [7, 11) is 0. The topological polar surface area (TPSA) is 106 Å². The molecule has 0 fully saturated rings. The molecule has 0 saturated heterocycles. The number of carbonyl (C=O) groups is 2. The van der Waals surface area contributed by atoms with Crippen LogP contribution in [-0.2, 0) is 24.4 Å². The molecule has 194 valence electrons. The number of furan rings is 1. The number of halogens is 3. The van der Waals surface area contributed by atoms with Crippen LogP contribution in [0.2, 0.25) is 0 Å². The smallest absolute Gasteiger partial charge is 0.475 e. The number of carbonyl (C=O) groups excluding carboxylic acids is 1. The number of alkyl halides is 3. The summed E-state index contributed by atoms with van der Waals surface area (Å²) in [5.74, 6) is -2.52. The Morgan fingerprint density at radius 2 is 1.89 bits per heavy atom. The van der Waals surface area contributed by atoms with Crippen LogP contribution in [0.3, 0.4) is 0 Å². The van der Waals surface area contributed by atoms with E-state index in [0.717, 1.165) is 28.2 Å². The van der Waals surface area contributed by atoms with E-state index >= 15 is 0 Å². The van der Waals surface area contributed by atoms with Crippen molar-refractivity contribution in [1.29, 1.82) is 0 Å². The van der Waals surface area contributed by atoms with Gasteiger partial charge in [0, 0.05) is 41.5 Å². The molecule has 4 aromatic heterocycles. The van der Waals surface area contributed by atoms with Crippen LogP contribution in [0.5, 0.6) is 0 Å². The van der Waals surface area contributed by atoms with E-state index in [9.17, 15) is 18.0 Å². The highest BCUT2D eigenvalue weighted by molar-refractivity contribution is 5.91. The fourth-order valence-electron chi connectivity index (χ4n) is 4.03. The van der Waals surface area contributed by atoms with Crippen LogP contribution in [-0.4, -0.2) is 47.4 Å². The predicted octanol–water partition coefficient (Wildman–Crippen LogP) is 4.76. The number of pyridine rings is 1. The number of hydrogen-bond acceptors (Lipinski definition) is 5. The molecule has 0 aromatic carbocycles. The molecule has 0 unspecified atom stereocenters. The molecule has 1 N–H and O–H groups in total. The molecule has 0 aliphatic carbocycles. The van der Waals surface area contributed by atoms with Crippen molar-refractivity contribution in [2.75, 3.05) is 0 Å². The maximum atomic E-state index is 13.1. The molecule has 0 saturated carbocycles. The molecule has 0 bridgehead atoms. The quantitative estimate of drug-likeness (QED) is 0.420. The normalized spacial score (nSPS) is 12.9. The molecule has 0 atom stereocenters. The van der Waals surface area contributed by atoms with E-state index in [1.54, 1.807) is 18.3 Å². The van der Waals surface area contributed by atoms with Gasteiger partial charge < -0.3 is 19.0 Å². The number of fused-ring (bicyclic) bond motifs is 3. The first-order valence-electron chi connectivity index (χ1n) is 11.3. The molecule has 9 nitrogen and oxygen atoms in total. The summed E-state index contributed by atoms with van der Waals surface area (Å²) in [6, 6.07) is 11.7. The number of aliphatic carboxylic acids is 1. The zero-order chi connectivity index (χ0) is 26.7. The standard InChI is InChI=1S/C23H23N5O2.C2HF3O2/c1-16(2)28-10-8-19-20(28)15-26(23(29)21-7-5-11-30-21)12-17-13-27(25-22(17)19)14-18-6-3-4-9-24-18;3-2(4,5)1(6)7/h3-11,13,16H,12,14-15H2,1-2H3;(H,6,7). The van der Waals surface area contributed by atoms with Gasteiger partial charge in [0.1, 0.15) is 0 Å². The van der Waals surface area contributed by atoms with Crippen molar-refractivity contribution in [2.45, 2.75) is 45.7 Å². The Hall–Kier alpha value is -4.35. The molecule has 1 aliphatic heterocycles. The minimum atomic E-state index is -5.08. The Morgan fingerprint density at radius 1 is 1.14 bits per heavy atom. The van der Waals surface area contributed by atoms with Gasteiger partial charge in [-0.2, -0.15) is 18.3 Å². The van der Waals surface area contributed by atoms with E-state index in [0.29, 0.717) is 25.4 Å². The summed E-state index contributed by atoms with van der Waals surface area (Å²) in [5, 5.41) is 12.0. The van der Waals surface area contributed by atoms with Gasteiger partial charge in [-0.05, 0) is 44.2 Å². The number of carboxylic acids is 1. The number of carboxylic acid groups (broad SMARTS) is 1. The lowest BCUT2D eigenvalue weighted by Crippen LogP contribution is -2.30. The first kappa shape index (κ1) is 25.7. The van der Waals surface area contributed by atoms with Crippen LogP contribution in [0.1, 0.15) is 47.4 Å². The molecule has 4 aromatic rings. The van der Waals surface area contributed by atoms with Gasteiger partial charge in [0.2, 0.25) is 0 Å². The second-order valence-electron chi connectivity index (χ2n) is 8.64. The number of hydrogen-bond donors (Lipinski definition) is 1. The Balaban J connectivity index is 0.000000405. The molecular weight excluding hydrogens is 491 g/mol. The fraction of sp³-hybridized carbons (Fsp3) is 0.280. The lowest BCUT2D eigenvalue weighted by Gasteiger charge is -2.22. The summed E-state index contributed by atoms with van der Waals surface area (Å²) < 4.78 is 41.2. The summed E-state index contributed by atoms with van der Waals surface area (Å²) in [5.41, 5.74) is 5.06. The van der Waals surface area contributed by atoms with Crippen LogP contribution in [0.4, 0.5) is 13.2 Å². The fourth-order valence-corrected chi connectivity index (χ4v) is 4.03. The van der Waals surface area contributed by atoms with E-state index in [4.69, 9.17) is 19.4 Å². The summed E-state index contributed by atoms with van der Waals surface area (Å²) in [6.45, 7) is 5.86. The summed E-state index contributed by atoms with van der Waals surface area (Å²) >= 11 is 0. The molecule has 1 aliphatic rings. The minimum absolute atomic E-state index is 0.118. The lowest BCUT2D eigenvalue weighted by atomic mass is 10.1. The second-order valence-corrected chi connectivity index (χ2v) is 8.64. The van der Waals surface area contributed by atoms with Crippen LogP contribution in [0.15, 0.2) is 65.7 Å². The minimum Gasteiger partial charge on any atom is -0.475 e. The predicted molar refractivity (Wildman–Crippen MR) is 125 cm³/mol. The van der Waals surface area contributed by atoms with E-state index in [-0.39, 0.29) is 11.9 Å². The molecule has 12 heteroatoms. The van der Waals surface area contributed by atoms with Crippen molar-refractivity contribution in [2.24, 2.45) is 0 Å². The molecule has 0 radical (unpaired) electrons. The largest absolute Gasteiger partial charge is 0.490 e. The lowest BCUT2D eigenvalue weighted by molar-refractivity contribution is -0.192. The monoisotopic (exact) mass is 515 g/mol. The molecule has 5 rings (SSSR count). The van der Waals surface area contributed by atoms with Gasteiger partial charge in [-0.15, -0.1) is 0 Å². The van der Waals surface area contributed by atoms with Crippen LogP contribution in [0.25, 0.3) is 11.3 Å². The van der Waals surface area contributed by atoms with E-state index < -0.39 is 12.1 Å². The van der Waals surface area contributed by atoms with Gasteiger partial charge >= 0.3 is 12.1 Å². The maximum Gasteiger partial charge on any atom is 0.490 e. The third-order valence-electron chi connectivity index (χ3n) is 5.69. The second kappa shape index (κ2) is 10.3. The molecule has 0 spiro atoms. The number of rotatable bonds is 4. The van der Waals surface area contributed by atoms with Gasteiger partial charge in [-0.3, -0.25) is 14.5 Å². The summed E-state index contributed by atoms with van der Waals surface area (Å²) in [4.78, 5) is 28.2. The zero-order valence-electron chi connectivity index (χ0n) is 20.0. The van der Waals surface area contributed by atoms with Crippen molar-refractivity contribution in [3.63, 3.8) is 0 Å². The Labute approximate surface area is 209 Å². The Morgan fingerprint density at radius 3 is 2.49 bits per heavy atom. The molecule has 1 amide bonds. The first-order chi connectivity index (χ1) is 17.5. The van der Waals surface area contributed by atoms with E-state index in [1.165, 1.54) is 6.26 Å². The average Bonchev–Trinajstić information content (AvgIpc) is 3.58. The Kier molecular flexibility index (Phi) is 7.18. The zero-order valence-corrected chi connectivity index (χ0v) is 20.0. The Bertz CT molecular complexity index is 1380. The van der Waals surface area contributed by atoms with Crippen molar-refractivity contribution < 1.29 is 32.3 Å². The summed E-state index contributed by atoms with van der Waals surface area (Å²) in [6.07, 6.45) is 2.34. The number of aromatic nitrogens is 4. The van der Waals surface area contributed by atoms with Crippen LogP contribution < -0.4 is 0 Å². The number of nitrogens with zero attached hydrogens (tertiary/aromatic N) is 5. The number of amides is 1. The molecule has 5 heterocycles. The van der Waals surface area contributed by atoms with Gasteiger partial charge in [0.05, 0.1) is 37.3 Å². The van der Waals surface area contributed by atoms with Crippen LogP contribution >= 0.6 is 0 Å². The van der Waals surface area contributed by atoms with Gasteiger partial charge in [0.25, 0.3) is 5.91 Å². The SMILES string of the molecule is CC(C)n1ccc2c1CN(C(=O)c1ccco1)Cc1cn(Cc3ccccn3)nc1-2.O=C(O)C(F)(F)F. The van der Waals surface area contributed by atoms with E-state index in [2.05, 4.69) is 35.7 Å². The highest BCUT2D eigenvalue weighted by Crippen LogP contribution is 2.34. The van der Waals surface area contributed by atoms with Gasteiger partial charge in [-0.25, -0.2) is 4.79 Å². The maximum absolute atomic E-state index is 13.1. The van der Waals surface area contributed by atoms with Crippen molar-refractivity contribution in [3.8, 4) is 11.3 Å². The van der Waals surface area contributed by atoms with Crippen LogP contribution in [0, 0.1) is 0 Å². The molecule has 37 heavy (non-hydrogen) atoms. The van der Waals surface area contributed by atoms with Gasteiger partial charge in [-0.1, -0.05) is 6.07 Å². The highest BCUT2D eigenvalue weighted by Gasteiger charge is 2.38. The van der Waals surface area contributed by atoms with Crippen molar-refractivity contribution in [3.05, 3.63) is 84.0 Å². The van der Waals surface area contributed by atoms with E-state index in [1.807, 2.05) is 34.0 Å².